The Balaban J connectivity index is 4.16. The Kier molecular flexibility index (Phi) is 5.74. The van der Waals surface area contributed by atoms with Crippen molar-refractivity contribution in [1.29, 1.82) is 0 Å². The maximum Gasteiger partial charge on any atom is 0.344 e. The van der Waals surface area contributed by atoms with Crippen LogP contribution >= 0.6 is 0 Å². The third kappa shape index (κ3) is 3.68. The molecule has 82 valence electrons. The zero-order valence-electron chi connectivity index (χ0n) is 7.96. The Morgan fingerprint density at radius 1 is 1.00 bits per heavy atom. The van der Waals surface area contributed by atoms with Crippen LogP contribution in [-0.2, 0) is 19.1 Å². The zero-order valence-corrected chi connectivity index (χ0v) is 7.96. The van der Waals surface area contributed by atoms with Crippen LogP contribution in [0.25, 0.3) is 0 Å². The van der Waals surface area contributed by atoms with E-state index < -0.39 is 24.3 Å². The summed E-state index contributed by atoms with van der Waals surface area (Å²) < 4.78 is 34.0. The summed E-state index contributed by atoms with van der Waals surface area (Å²) >= 11 is 0. The molecule has 0 aliphatic rings. The van der Waals surface area contributed by atoms with Crippen LogP contribution in [0.1, 0.15) is 13.8 Å². The zero-order chi connectivity index (χ0) is 11.1. The van der Waals surface area contributed by atoms with Gasteiger partial charge in [-0.2, -0.15) is 0 Å². The number of halogens is 2. The van der Waals surface area contributed by atoms with Crippen LogP contribution in [0.15, 0.2) is 0 Å². The minimum Gasteiger partial charge on any atom is -0.464 e. The van der Waals surface area contributed by atoms with Crippen molar-refractivity contribution < 1.29 is 27.8 Å². The first-order valence-electron chi connectivity index (χ1n) is 4.16. The summed E-state index contributed by atoms with van der Waals surface area (Å²) in [5.74, 6) is -2.79. The van der Waals surface area contributed by atoms with E-state index in [9.17, 15) is 18.4 Å². The molecule has 0 heterocycles. The lowest BCUT2D eigenvalue weighted by atomic mass is 10.2. The van der Waals surface area contributed by atoms with E-state index in [0.29, 0.717) is 0 Å². The maximum absolute atomic E-state index is 12.8. The number of esters is 2. The summed E-state index contributed by atoms with van der Waals surface area (Å²) in [7, 11) is 0. The van der Waals surface area contributed by atoms with Crippen LogP contribution in [0.5, 0.6) is 0 Å². The highest BCUT2D eigenvalue weighted by Gasteiger charge is 2.36. The van der Waals surface area contributed by atoms with Crippen molar-refractivity contribution in [3.8, 4) is 0 Å². The standard InChI is InChI=1S/C8H12F2O4/c1-3-13-7(11)5(9)6(10)8(12)14-4-2/h5-6H,3-4H2,1-2H3. The molecule has 2 unspecified atom stereocenters. The molecular weight excluding hydrogens is 198 g/mol. The molecule has 0 aliphatic carbocycles. The molecule has 0 saturated heterocycles. The second-order valence-electron chi connectivity index (χ2n) is 2.31. The third-order valence-electron chi connectivity index (χ3n) is 1.28. The summed E-state index contributed by atoms with van der Waals surface area (Å²) in [6, 6.07) is 0. The minimum absolute atomic E-state index is 0.0746. The van der Waals surface area contributed by atoms with Gasteiger partial charge in [0.1, 0.15) is 0 Å². The normalized spacial score (nSPS) is 14.3. The lowest BCUT2D eigenvalue weighted by Gasteiger charge is -2.10. The van der Waals surface area contributed by atoms with E-state index in [2.05, 4.69) is 9.47 Å². The van der Waals surface area contributed by atoms with E-state index in [1.807, 2.05) is 0 Å². The van der Waals surface area contributed by atoms with Crippen molar-refractivity contribution in [2.45, 2.75) is 26.2 Å². The molecule has 0 spiro atoms. The molecule has 0 N–H and O–H groups in total. The fourth-order valence-electron chi connectivity index (χ4n) is 0.683. The summed E-state index contributed by atoms with van der Waals surface area (Å²) in [5.41, 5.74) is 0. The first kappa shape index (κ1) is 12.8. The Morgan fingerprint density at radius 3 is 1.50 bits per heavy atom. The smallest absolute Gasteiger partial charge is 0.344 e. The van der Waals surface area contributed by atoms with Crippen molar-refractivity contribution in [3.63, 3.8) is 0 Å². The number of carbonyl (C=O) groups is 2. The van der Waals surface area contributed by atoms with E-state index in [1.165, 1.54) is 13.8 Å². The quantitative estimate of drug-likeness (QED) is 0.629. The summed E-state index contributed by atoms with van der Waals surface area (Å²) in [6.45, 7) is 2.74. The molecule has 0 aromatic rings. The van der Waals surface area contributed by atoms with Gasteiger partial charge >= 0.3 is 11.9 Å². The van der Waals surface area contributed by atoms with Crippen LogP contribution in [0.2, 0.25) is 0 Å². The molecule has 4 nitrogen and oxygen atoms in total. The lowest BCUT2D eigenvalue weighted by molar-refractivity contribution is -0.162. The monoisotopic (exact) mass is 210 g/mol. The van der Waals surface area contributed by atoms with Gasteiger partial charge < -0.3 is 9.47 Å². The largest absolute Gasteiger partial charge is 0.464 e. The van der Waals surface area contributed by atoms with Gasteiger partial charge in [0.05, 0.1) is 13.2 Å². The van der Waals surface area contributed by atoms with Crippen LogP contribution in [0, 0.1) is 0 Å². The molecule has 2 atom stereocenters. The fourth-order valence-corrected chi connectivity index (χ4v) is 0.683. The number of alkyl halides is 2. The van der Waals surface area contributed by atoms with Crippen LogP contribution in [0.4, 0.5) is 8.78 Å². The van der Waals surface area contributed by atoms with Gasteiger partial charge in [0.15, 0.2) is 0 Å². The van der Waals surface area contributed by atoms with Crippen LogP contribution in [0.3, 0.4) is 0 Å². The molecular formula is C8H12F2O4. The topological polar surface area (TPSA) is 52.6 Å². The molecule has 0 aromatic carbocycles. The summed E-state index contributed by atoms with van der Waals surface area (Å²) in [5, 5.41) is 0. The van der Waals surface area contributed by atoms with Crippen molar-refractivity contribution in [2.24, 2.45) is 0 Å². The van der Waals surface area contributed by atoms with Crippen molar-refractivity contribution >= 4 is 11.9 Å². The van der Waals surface area contributed by atoms with Gasteiger partial charge in [0, 0.05) is 0 Å². The highest BCUT2D eigenvalue weighted by atomic mass is 19.2. The van der Waals surface area contributed by atoms with E-state index in [-0.39, 0.29) is 13.2 Å². The molecule has 6 heteroatoms. The van der Waals surface area contributed by atoms with E-state index in [0.717, 1.165) is 0 Å². The number of rotatable bonds is 5. The molecule has 14 heavy (non-hydrogen) atoms. The fraction of sp³-hybridized carbons (Fsp3) is 0.750. The Morgan fingerprint density at radius 2 is 1.29 bits per heavy atom. The van der Waals surface area contributed by atoms with Crippen LogP contribution in [-0.4, -0.2) is 37.5 Å². The minimum atomic E-state index is -2.62. The Labute approximate surface area is 80.2 Å². The number of hydrogen-bond acceptors (Lipinski definition) is 4. The summed E-state index contributed by atoms with van der Waals surface area (Å²) in [6.07, 6.45) is -5.23. The molecule has 0 aliphatic heterocycles. The van der Waals surface area contributed by atoms with Crippen molar-refractivity contribution in [3.05, 3.63) is 0 Å². The molecule has 0 aromatic heterocycles. The Bertz CT molecular complexity index is 186. The van der Waals surface area contributed by atoms with Gasteiger partial charge in [-0.3, -0.25) is 0 Å². The highest BCUT2D eigenvalue weighted by Crippen LogP contribution is 2.08. The highest BCUT2D eigenvalue weighted by molar-refractivity contribution is 5.85. The van der Waals surface area contributed by atoms with Gasteiger partial charge in [-0.15, -0.1) is 0 Å². The predicted molar refractivity (Wildman–Crippen MR) is 43.1 cm³/mol. The molecule has 0 amide bonds. The van der Waals surface area contributed by atoms with E-state index >= 15 is 0 Å². The Hall–Kier alpha value is -1.20. The summed E-state index contributed by atoms with van der Waals surface area (Å²) in [4.78, 5) is 21.3. The molecule has 0 saturated carbocycles. The first-order chi connectivity index (χ1) is 6.54. The lowest BCUT2D eigenvalue weighted by Crippen LogP contribution is -2.35. The van der Waals surface area contributed by atoms with E-state index in [4.69, 9.17) is 0 Å². The van der Waals surface area contributed by atoms with Crippen molar-refractivity contribution in [2.75, 3.05) is 13.2 Å². The molecule has 0 rings (SSSR count). The number of carbonyl (C=O) groups excluding carboxylic acids is 2. The maximum atomic E-state index is 12.8. The van der Waals surface area contributed by atoms with E-state index in [1.54, 1.807) is 0 Å². The second kappa shape index (κ2) is 6.28. The second-order valence-corrected chi connectivity index (χ2v) is 2.31. The average molecular weight is 210 g/mol. The van der Waals surface area contributed by atoms with Gasteiger partial charge in [-0.25, -0.2) is 18.4 Å². The third-order valence-corrected chi connectivity index (χ3v) is 1.28. The predicted octanol–water partition coefficient (Wildman–Crippen LogP) is 0.789. The van der Waals surface area contributed by atoms with Gasteiger partial charge in [-0.05, 0) is 13.8 Å². The molecule has 0 fully saturated rings. The van der Waals surface area contributed by atoms with Gasteiger partial charge in [0.2, 0.25) is 12.3 Å². The first-order valence-corrected chi connectivity index (χ1v) is 4.16. The van der Waals surface area contributed by atoms with Gasteiger partial charge in [0.25, 0.3) is 0 Å². The molecule has 0 bridgehead atoms. The SMILES string of the molecule is CCOC(=O)C(F)C(F)C(=O)OCC. The average Bonchev–Trinajstić information content (AvgIpc) is 2.16. The van der Waals surface area contributed by atoms with Crippen molar-refractivity contribution in [1.82, 2.24) is 0 Å². The van der Waals surface area contributed by atoms with Gasteiger partial charge in [-0.1, -0.05) is 0 Å². The number of hydrogen-bond donors (Lipinski definition) is 0. The number of ether oxygens (including phenoxy) is 2. The molecule has 0 radical (unpaired) electrons. The van der Waals surface area contributed by atoms with Crippen LogP contribution < -0.4 is 0 Å².